The van der Waals surface area contributed by atoms with Crippen molar-refractivity contribution in [1.82, 2.24) is 5.32 Å². The second-order valence-electron chi connectivity index (χ2n) is 26.7. The van der Waals surface area contributed by atoms with Gasteiger partial charge in [-0.3, -0.25) is 9.59 Å². The molecule has 0 aliphatic rings. The van der Waals surface area contributed by atoms with Gasteiger partial charge in [-0.25, -0.2) is 0 Å². The molecule has 502 valence electrons. The third kappa shape index (κ3) is 71.0. The molecule has 0 aliphatic carbocycles. The predicted octanol–water partition coefficient (Wildman–Crippen LogP) is 25.4. The summed E-state index contributed by atoms with van der Waals surface area (Å²) < 4.78 is 5.51. The molecule has 0 aromatic rings. The molecule has 6 heteroatoms. The van der Waals surface area contributed by atoms with E-state index < -0.39 is 12.1 Å². The van der Waals surface area contributed by atoms with Gasteiger partial charge in [-0.15, -0.1) is 0 Å². The van der Waals surface area contributed by atoms with Crippen LogP contribution in [0.1, 0.15) is 431 Å². The fraction of sp³-hybridized carbons (Fsp3) is 0.899. The number of aliphatic hydroxyl groups is 2. The number of ether oxygens (including phenoxy) is 1. The maximum atomic E-state index is 12.5. The maximum absolute atomic E-state index is 12.5. The molecule has 0 saturated heterocycles. The number of amides is 1. The molecule has 0 radical (unpaired) electrons. The van der Waals surface area contributed by atoms with Crippen molar-refractivity contribution in [2.75, 3.05) is 13.2 Å². The van der Waals surface area contributed by atoms with Crippen molar-refractivity contribution in [2.45, 2.75) is 443 Å². The van der Waals surface area contributed by atoms with Crippen LogP contribution in [0.2, 0.25) is 0 Å². The minimum absolute atomic E-state index is 0.0152. The molecule has 0 saturated carbocycles. The van der Waals surface area contributed by atoms with Crippen molar-refractivity contribution < 1.29 is 24.5 Å². The number of nitrogens with one attached hydrogen (secondary N) is 1. The van der Waals surface area contributed by atoms with Crippen LogP contribution in [0.4, 0.5) is 0 Å². The first-order chi connectivity index (χ1) is 42.0. The zero-order valence-corrected chi connectivity index (χ0v) is 57.6. The fourth-order valence-corrected chi connectivity index (χ4v) is 12.2. The van der Waals surface area contributed by atoms with Crippen LogP contribution >= 0.6 is 0 Å². The average molecular weight is 1200 g/mol. The second-order valence-corrected chi connectivity index (χ2v) is 26.7. The summed E-state index contributed by atoms with van der Waals surface area (Å²) in [4.78, 5) is 24.6. The topological polar surface area (TPSA) is 95.9 Å². The molecular weight excluding hydrogens is 1040 g/mol. The zero-order chi connectivity index (χ0) is 61.3. The van der Waals surface area contributed by atoms with E-state index in [1.54, 1.807) is 6.08 Å². The number of carbonyl (C=O) groups is 2. The molecule has 0 bridgehead atoms. The molecule has 3 N–H and O–H groups in total. The highest BCUT2D eigenvalue weighted by Crippen LogP contribution is 2.19. The van der Waals surface area contributed by atoms with Crippen LogP contribution in [0.15, 0.2) is 36.5 Å². The molecule has 1 amide bonds. The molecule has 0 fully saturated rings. The van der Waals surface area contributed by atoms with Crippen LogP contribution in [0, 0.1) is 0 Å². The quantitative estimate of drug-likeness (QED) is 0.0320. The van der Waals surface area contributed by atoms with Crippen LogP contribution < -0.4 is 5.32 Å². The van der Waals surface area contributed by atoms with E-state index in [-0.39, 0.29) is 18.5 Å². The molecule has 0 aromatic carbocycles. The third-order valence-corrected chi connectivity index (χ3v) is 18.1. The number of allylic oxidation sites excluding steroid dienone is 5. The molecule has 85 heavy (non-hydrogen) atoms. The Morgan fingerprint density at radius 1 is 0.318 bits per heavy atom. The highest BCUT2D eigenvalue weighted by atomic mass is 16.5. The number of rotatable bonds is 73. The summed E-state index contributed by atoms with van der Waals surface area (Å²) in [5.74, 6) is -0.0469. The Morgan fingerprint density at radius 3 is 0.835 bits per heavy atom. The Morgan fingerprint density at radius 2 is 0.553 bits per heavy atom. The number of hydrogen-bond acceptors (Lipinski definition) is 5. The first kappa shape index (κ1) is 83.1. The summed E-state index contributed by atoms with van der Waals surface area (Å²) >= 11 is 0. The van der Waals surface area contributed by atoms with Crippen LogP contribution in [-0.4, -0.2) is 47.4 Å². The molecule has 0 aliphatic heterocycles. The lowest BCUT2D eigenvalue weighted by Gasteiger charge is -2.20. The minimum atomic E-state index is -0.844. The van der Waals surface area contributed by atoms with Gasteiger partial charge < -0.3 is 20.3 Å². The summed E-state index contributed by atoms with van der Waals surface area (Å²) in [6, 6.07) is -0.627. The second kappa shape index (κ2) is 74.5. The summed E-state index contributed by atoms with van der Waals surface area (Å²) in [5, 5.41) is 23.3. The third-order valence-electron chi connectivity index (χ3n) is 18.1. The molecule has 0 rings (SSSR count). The normalized spacial score (nSPS) is 12.7. The van der Waals surface area contributed by atoms with Crippen LogP contribution in [0.25, 0.3) is 0 Å². The lowest BCUT2D eigenvalue weighted by molar-refractivity contribution is -0.143. The van der Waals surface area contributed by atoms with Crippen molar-refractivity contribution in [3.63, 3.8) is 0 Å². The Kier molecular flexibility index (Phi) is 72.9. The van der Waals surface area contributed by atoms with Gasteiger partial charge in [0.05, 0.1) is 25.4 Å². The minimum Gasteiger partial charge on any atom is -0.466 e. The summed E-state index contributed by atoms with van der Waals surface area (Å²) in [5.41, 5.74) is 0. The monoisotopic (exact) mass is 1190 g/mol. The van der Waals surface area contributed by atoms with Crippen molar-refractivity contribution in [2.24, 2.45) is 0 Å². The Bertz CT molecular complexity index is 1380. The lowest BCUT2D eigenvalue weighted by Crippen LogP contribution is -2.45. The van der Waals surface area contributed by atoms with E-state index in [1.165, 1.54) is 360 Å². The first-order valence-electron chi connectivity index (χ1n) is 38.8. The Hall–Kier alpha value is -1.92. The van der Waals surface area contributed by atoms with E-state index in [1.807, 2.05) is 6.08 Å². The van der Waals surface area contributed by atoms with Gasteiger partial charge in [-0.1, -0.05) is 371 Å². The molecule has 0 aromatic heterocycles. The van der Waals surface area contributed by atoms with Crippen molar-refractivity contribution in [3.05, 3.63) is 36.5 Å². The van der Waals surface area contributed by atoms with Gasteiger partial charge in [0.1, 0.15) is 0 Å². The van der Waals surface area contributed by atoms with E-state index in [9.17, 15) is 19.8 Å². The van der Waals surface area contributed by atoms with Gasteiger partial charge >= 0.3 is 5.97 Å². The number of unbranched alkanes of at least 4 members (excludes halogenated alkanes) is 58. The van der Waals surface area contributed by atoms with E-state index >= 15 is 0 Å². The van der Waals surface area contributed by atoms with Gasteiger partial charge in [0.2, 0.25) is 5.91 Å². The van der Waals surface area contributed by atoms with Gasteiger partial charge in [-0.05, 0) is 83.5 Å². The van der Waals surface area contributed by atoms with E-state index in [0.717, 1.165) is 44.9 Å². The number of esters is 1. The zero-order valence-electron chi connectivity index (χ0n) is 57.6. The number of carbonyl (C=O) groups excluding carboxylic acids is 2. The number of hydrogen-bond donors (Lipinski definition) is 3. The highest BCUT2D eigenvalue weighted by Gasteiger charge is 2.18. The molecule has 6 nitrogen and oxygen atoms in total. The molecule has 0 heterocycles. The summed E-state index contributed by atoms with van der Waals surface area (Å²) in [6.07, 6.45) is 96.8. The molecule has 2 atom stereocenters. The predicted molar refractivity (Wildman–Crippen MR) is 375 cm³/mol. The smallest absolute Gasteiger partial charge is 0.305 e. The van der Waals surface area contributed by atoms with Gasteiger partial charge in [-0.2, -0.15) is 0 Å². The lowest BCUT2D eigenvalue weighted by atomic mass is 10.0. The number of aliphatic hydroxyl groups excluding tert-OH is 2. The molecule has 0 spiro atoms. The van der Waals surface area contributed by atoms with Crippen molar-refractivity contribution in [1.29, 1.82) is 0 Å². The SMILES string of the molecule is CCCCCCCCC/C=C\CCCCCCCCCC(=O)OCCCCCCCCCCCCCC/C=C\CCCCCCCCCCCCCCCCCC(=O)NC(CO)C(O)/C=C/CCCCCCCCCCCCCCCCCCC. The van der Waals surface area contributed by atoms with Gasteiger partial charge in [0, 0.05) is 12.8 Å². The Balaban J connectivity index is 3.37. The highest BCUT2D eigenvalue weighted by molar-refractivity contribution is 5.76. The van der Waals surface area contributed by atoms with Crippen molar-refractivity contribution >= 4 is 11.9 Å². The van der Waals surface area contributed by atoms with Gasteiger partial charge in [0.25, 0.3) is 0 Å². The standard InChI is InChI=1S/C79H151NO5/c1-3-5-7-9-11-13-15-17-19-21-36-39-43-47-51-55-59-63-67-71-77(82)76(75-81)80-78(83)72-68-64-60-56-52-48-44-40-37-34-32-30-28-26-24-23-25-27-29-31-33-35-38-42-46-50-54-58-62-66-70-74-85-79(84)73-69-65-61-57-53-49-45-41-22-20-18-16-14-12-10-8-6-4-2/h20,22,25,27,67,71,76-77,81-82H,3-19,21,23-24,26,28-66,68-70,72-75H2,1-2H3,(H,80,83)/b22-20-,27-25-,71-67+. The Labute approximate surface area is 532 Å². The van der Waals surface area contributed by atoms with Crippen LogP contribution in [0.3, 0.4) is 0 Å². The van der Waals surface area contributed by atoms with E-state index in [0.29, 0.717) is 19.4 Å². The average Bonchev–Trinajstić information content (AvgIpc) is 3.51. The van der Waals surface area contributed by atoms with Crippen molar-refractivity contribution in [3.8, 4) is 0 Å². The van der Waals surface area contributed by atoms with Crippen LogP contribution in [-0.2, 0) is 14.3 Å². The fourth-order valence-electron chi connectivity index (χ4n) is 12.2. The van der Waals surface area contributed by atoms with Crippen LogP contribution in [0.5, 0.6) is 0 Å². The summed E-state index contributed by atoms with van der Waals surface area (Å²) in [7, 11) is 0. The first-order valence-corrected chi connectivity index (χ1v) is 38.8. The molecule has 2 unspecified atom stereocenters. The summed E-state index contributed by atoms with van der Waals surface area (Å²) in [6.45, 7) is 4.94. The van der Waals surface area contributed by atoms with E-state index in [2.05, 4.69) is 43.5 Å². The van der Waals surface area contributed by atoms with Gasteiger partial charge in [0.15, 0.2) is 0 Å². The largest absolute Gasteiger partial charge is 0.466 e. The molecular formula is C79H151NO5. The maximum Gasteiger partial charge on any atom is 0.305 e. The van der Waals surface area contributed by atoms with E-state index in [4.69, 9.17) is 4.74 Å².